The molecule has 1 aliphatic heterocycles. The smallest absolute Gasteiger partial charge is 0.254 e. The second-order valence-corrected chi connectivity index (χ2v) is 8.74. The maximum Gasteiger partial charge on any atom is 0.254 e. The van der Waals surface area contributed by atoms with Crippen LogP contribution in [-0.2, 0) is 0 Å². The first-order valence-corrected chi connectivity index (χ1v) is 8.92. The van der Waals surface area contributed by atoms with Crippen LogP contribution in [-0.4, -0.2) is 153 Å². The number of hydrogen-bond donors (Lipinski definition) is 0. The van der Waals surface area contributed by atoms with Gasteiger partial charge in [-0.05, 0) is 84.6 Å². The van der Waals surface area contributed by atoms with Gasteiger partial charge in [0.2, 0.25) is 0 Å². The molecule has 0 radical (unpaired) electrons. The van der Waals surface area contributed by atoms with Crippen molar-refractivity contribution in [3.8, 4) is 0 Å². The molecule has 12 heteroatoms. The molecular weight excluding hydrogens is 293 g/mol. The molecule has 0 spiro atoms. The van der Waals surface area contributed by atoms with E-state index in [1.54, 1.807) is 0 Å². The van der Waals surface area contributed by atoms with Gasteiger partial charge in [-0.2, -0.15) is 0 Å². The minimum absolute atomic E-state index is 0.422. The lowest BCUT2D eigenvalue weighted by Crippen LogP contribution is -2.96. The fraction of sp³-hybridized carbons (Fsp3) is 1.00. The molecule has 1 rings (SSSR count). The third kappa shape index (κ3) is 4.27. The third-order valence-electron chi connectivity index (χ3n) is 5.57. The van der Waals surface area contributed by atoms with Gasteiger partial charge in [-0.3, -0.25) is 0 Å². The molecule has 0 aromatic heterocycles. The molecular formula is C12H36B6N6. The monoisotopic (exact) mass is 330 g/mol. The van der Waals surface area contributed by atoms with E-state index < -0.39 is 0 Å². The molecule has 0 saturated carbocycles. The Bertz CT molecular complexity index is 336. The van der Waals surface area contributed by atoms with Crippen LogP contribution in [0.15, 0.2) is 0 Å². The maximum atomic E-state index is 2.44. The molecule has 0 aromatic rings. The highest BCUT2D eigenvalue weighted by Crippen LogP contribution is 2.26. The average Bonchev–Trinajstić information content (AvgIpc) is 2.33. The molecule has 0 N–H and O–H groups in total. The summed E-state index contributed by atoms with van der Waals surface area (Å²) in [6, 6.07) is 0. The van der Waals surface area contributed by atoms with E-state index in [1.807, 2.05) is 0 Å². The summed E-state index contributed by atoms with van der Waals surface area (Å²) in [5, 5.41) is 0. The van der Waals surface area contributed by atoms with Crippen LogP contribution in [0, 0.1) is 0 Å². The van der Waals surface area contributed by atoms with E-state index in [0.29, 0.717) is 39.8 Å². The predicted octanol–water partition coefficient (Wildman–Crippen LogP) is -2.21. The van der Waals surface area contributed by atoms with Crippen molar-refractivity contribution in [2.45, 2.75) is 0 Å². The molecule has 6 nitrogen and oxygen atoms in total. The summed E-state index contributed by atoms with van der Waals surface area (Å²) < 4.78 is 0. The van der Waals surface area contributed by atoms with Crippen LogP contribution in [0.1, 0.15) is 0 Å². The quantitative estimate of drug-likeness (QED) is 0.467. The summed E-state index contributed by atoms with van der Waals surface area (Å²) in [7, 11) is 26.6. The van der Waals surface area contributed by atoms with Gasteiger partial charge in [0.05, 0.1) is 0 Å². The van der Waals surface area contributed by atoms with Crippen molar-refractivity contribution in [1.82, 2.24) is 28.9 Å². The summed E-state index contributed by atoms with van der Waals surface area (Å²) in [5.74, 6) is 0. The van der Waals surface area contributed by atoms with Crippen molar-refractivity contribution < 1.29 is 0 Å². The standard InChI is InChI=1S/C12H36B6N6/c1-19(2)15-13(17(21(5)6)22(7)8)16(20(3)4)14(15)18(23(9)10)24(11)12/h1-12H3. The Morgan fingerprint density at radius 3 is 0.750 bits per heavy atom. The van der Waals surface area contributed by atoms with Gasteiger partial charge in [0.1, 0.15) is 26.0 Å². The second-order valence-electron chi connectivity index (χ2n) is 8.74. The van der Waals surface area contributed by atoms with Crippen LogP contribution >= 0.6 is 0 Å². The molecule has 0 unspecified atom stereocenters. The van der Waals surface area contributed by atoms with E-state index in [-0.39, 0.29) is 0 Å². The summed E-state index contributed by atoms with van der Waals surface area (Å²) in [6.45, 7) is 1.93. The van der Waals surface area contributed by atoms with Crippen molar-refractivity contribution in [2.24, 2.45) is 0 Å². The van der Waals surface area contributed by atoms with Crippen LogP contribution in [0.3, 0.4) is 0 Å². The Morgan fingerprint density at radius 2 is 0.625 bits per heavy atom. The number of hydrogen-bond acceptors (Lipinski definition) is 6. The van der Waals surface area contributed by atoms with Crippen molar-refractivity contribution in [2.75, 3.05) is 84.6 Å². The molecule has 0 amide bonds. The van der Waals surface area contributed by atoms with Gasteiger partial charge in [-0.1, -0.05) is 0 Å². The Kier molecular flexibility index (Phi) is 8.04. The van der Waals surface area contributed by atoms with E-state index in [0.717, 1.165) is 0 Å². The van der Waals surface area contributed by atoms with Crippen LogP contribution in [0.5, 0.6) is 0 Å². The highest BCUT2D eigenvalue weighted by atomic mass is 15.2. The van der Waals surface area contributed by atoms with E-state index in [1.165, 1.54) is 0 Å². The van der Waals surface area contributed by atoms with Crippen LogP contribution < -0.4 is 0 Å². The molecule has 0 aliphatic carbocycles. The number of nitrogens with zero attached hydrogens (tertiary/aromatic N) is 6. The molecule has 0 bridgehead atoms. The van der Waals surface area contributed by atoms with Gasteiger partial charge in [-0.15, -0.1) is 0 Å². The fourth-order valence-electron chi connectivity index (χ4n) is 5.16. The van der Waals surface area contributed by atoms with Crippen molar-refractivity contribution in [3.63, 3.8) is 0 Å². The zero-order valence-corrected chi connectivity index (χ0v) is 18.1. The van der Waals surface area contributed by atoms with E-state index in [2.05, 4.69) is 113 Å². The lowest BCUT2D eigenvalue weighted by atomic mass is 8.45. The molecule has 132 valence electrons. The van der Waals surface area contributed by atoms with Gasteiger partial charge >= 0.3 is 0 Å². The van der Waals surface area contributed by atoms with Crippen molar-refractivity contribution in [1.29, 1.82) is 0 Å². The minimum Gasteiger partial charge on any atom is -0.363 e. The Balaban J connectivity index is 3.30. The van der Waals surface area contributed by atoms with Crippen LogP contribution in [0.2, 0.25) is 0 Å². The summed E-state index contributed by atoms with van der Waals surface area (Å²) in [6.07, 6.45) is 1.15. The molecule has 0 atom stereocenters. The summed E-state index contributed by atoms with van der Waals surface area (Å²) in [4.78, 5) is 14.4. The zero-order chi connectivity index (χ0) is 18.9. The lowest BCUT2D eigenvalue weighted by molar-refractivity contribution is 0.535. The van der Waals surface area contributed by atoms with Gasteiger partial charge in [-0.25, -0.2) is 0 Å². The predicted molar refractivity (Wildman–Crippen MR) is 117 cm³/mol. The van der Waals surface area contributed by atoms with E-state index >= 15 is 0 Å². The Morgan fingerprint density at radius 1 is 0.417 bits per heavy atom. The van der Waals surface area contributed by atoms with Crippen molar-refractivity contribution >= 4 is 39.8 Å². The molecule has 0 aromatic carbocycles. The first-order chi connectivity index (χ1) is 10.9. The summed E-state index contributed by atoms with van der Waals surface area (Å²) >= 11 is 0. The molecule has 1 heterocycles. The maximum absolute atomic E-state index is 2.44. The fourth-order valence-corrected chi connectivity index (χ4v) is 5.16. The second kappa shape index (κ2) is 8.69. The lowest BCUT2D eigenvalue weighted by Gasteiger charge is -2.57. The third-order valence-corrected chi connectivity index (χ3v) is 5.57. The average molecular weight is 329 g/mol. The van der Waals surface area contributed by atoms with Gasteiger partial charge in [0.25, 0.3) is 13.7 Å². The minimum atomic E-state index is 0.422. The highest BCUT2D eigenvalue weighted by Gasteiger charge is 2.68. The summed E-state index contributed by atoms with van der Waals surface area (Å²) in [5.41, 5.74) is 0. The topological polar surface area (TPSA) is 19.4 Å². The molecule has 1 aliphatic rings. The Hall–Kier alpha value is 0.150. The van der Waals surface area contributed by atoms with Gasteiger partial charge in [0, 0.05) is 0 Å². The van der Waals surface area contributed by atoms with Gasteiger partial charge in [0.15, 0.2) is 0 Å². The van der Waals surface area contributed by atoms with Crippen LogP contribution in [0.25, 0.3) is 0 Å². The van der Waals surface area contributed by atoms with E-state index in [9.17, 15) is 0 Å². The van der Waals surface area contributed by atoms with Crippen molar-refractivity contribution in [3.05, 3.63) is 0 Å². The molecule has 1 fully saturated rings. The zero-order valence-electron chi connectivity index (χ0n) is 18.1. The Labute approximate surface area is 153 Å². The highest BCUT2D eigenvalue weighted by molar-refractivity contribution is 8.10. The van der Waals surface area contributed by atoms with Crippen LogP contribution in [0.4, 0.5) is 0 Å². The first-order valence-electron chi connectivity index (χ1n) is 8.92. The van der Waals surface area contributed by atoms with Gasteiger partial charge < -0.3 is 28.9 Å². The molecule has 1 saturated heterocycles. The normalized spacial score (nSPS) is 15.8. The molecule has 24 heavy (non-hydrogen) atoms. The SMILES string of the molecule is CN(C)B1B(B(N(C)C)N(C)C)B(N(C)C)B1B(N(C)C)N(C)C. The van der Waals surface area contributed by atoms with E-state index in [4.69, 9.17) is 0 Å². The largest absolute Gasteiger partial charge is 0.363 e. The number of rotatable bonds is 8. The first kappa shape index (κ1) is 22.2.